The highest BCUT2D eigenvalue weighted by molar-refractivity contribution is 5.76. The van der Waals surface area contributed by atoms with Gasteiger partial charge in [-0.2, -0.15) is 0 Å². The van der Waals surface area contributed by atoms with Crippen LogP contribution in [0.25, 0.3) is 0 Å². The lowest BCUT2D eigenvalue weighted by Crippen LogP contribution is -2.34. The molecule has 0 aliphatic carbocycles. The van der Waals surface area contributed by atoms with E-state index in [1.165, 1.54) is 5.56 Å². The summed E-state index contributed by atoms with van der Waals surface area (Å²) >= 11 is 0. The van der Waals surface area contributed by atoms with E-state index in [4.69, 9.17) is 0 Å². The lowest BCUT2D eigenvalue weighted by atomic mass is 9.88. The third-order valence-corrected chi connectivity index (χ3v) is 4.63. The van der Waals surface area contributed by atoms with Gasteiger partial charge in [-0.05, 0) is 36.9 Å². The van der Waals surface area contributed by atoms with E-state index in [0.29, 0.717) is 18.3 Å². The summed E-state index contributed by atoms with van der Waals surface area (Å²) in [7, 11) is 0. The van der Waals surface area contributed by atoms with Crippen molar-refractivity contribution in [2.75, 3.05) is 13.1 Å². The molecule has 2 unspecified atom stereocenters. The number of rotatable bonds is 7. The molecule has 3 heteroatoms. The molecule has 1 aliphatic rings. The molecule has 1 aromatic rings. The van der Waals surface area contributed by atoms with Gasteiger partial charge in [0, 0.05) is 6.42 Å². The van der Waals surface area contributed by atoms with Gasteiger partial charge < -0.3 is 10.6 Å². The Hall–Kier alpha value is -1.35. The Morgan fingerprint density at radius 3 is 2.57 bits per heavy atom. The number of carbonyl (C=O) groups excluding carboxylic acids is 1. The summed E-state index contributed by atoms with van der Waals surface area (Å²) in [4.78, 5) is 12.4. The maximum Gasteiger partial charge on any atom is 0.220 e. The van der Waals surface area contributed by atoms with E-state index >= 15 is 0 Å². The largest absolute Gasteiger partial charge is 0.349 e. The molecule has 0 saturated carbocycles. The highest BCUT2D eigenvalue weighted by atomic mass is 16.1. The summed E-state index contributed by atoms with van der Waals surface area (Å²) in [6.45, 7) is 6.44. The Balaban J connectivity index is 2.03. The Bertz CT molecular complexity index is 422. The maximum absolute atomic E-state index is 12.4. The second-order valence-corrected chi connectivity index (χ2v) is 6.10. The lowest BCUT2D eigenvalue weighted by Gasteiger charge is -2.27. The Labute approximate surface area is 128 Å². The van der Waals surface area contributed by atoms with Crippen LogP contribution < -0.4 is 10.6 Å². The summed E-state index contributed by atoms with van der Waals surface area (Å²) in [6.07, 6.45) is 3.94. The Morgan fingerprint density at radius 1 is 1.29 bits per heavy atom. The molecular formula is C18H28N2O. The summed E-state index contributed by atoms with van der Waals surface area (Å²) in [5.74, 6) is 1.20. The van der Waals surface area contributed by atoms with Gasteiger partial charge >= 0.3 is 0 Å². The predicted molar refractivity (Wildman–Crippen MR) is 87.0 cm³/mol. The average molecular weight is 288 g/mol. The fourth-order valence-electron chi connectivity index (χ4n) is 3.28. The van der Waals surface area contributed by atoms with Gasteiger partial charge in [0.05, 0.1) is 6.04 Å². The first-order valence-corrected chi connectivity index (χ1v) is 8.29. The van der Waals surface area contributed by atoms with Crippen LogP contribution in [0.2, 0.25) is 0 Å². The summed E-state index contributed by atoms with van der Waals surface area (Å²) in [5, 5.41) is 6.62. The molecule has 0 radical (unpaired) electrons. The van der Waals surface area contributed by atoms with Crippen LogP contribution in [0, 0.1) is 11.8 Å². The van der Waals surface area contributed by atoms with E-state index in [1.807, 2.05) is 6.07 Å². The molecule has 1 aromatic carbocycles. The first-order chi connectivity index (χ1) is 10.2. The van der Waals surface area contributed by atoms with Gasteiger partial charge in [0.15, 0.2) is 0 Å². The molecule has 0 aromatic heterocycles. The first-order valence-electron chi connectivity index (χ1n) is 8.29. The van der Waals surface area contributed by atoms with Crippen LogP contribution in [0.1, 0.15) is 51.1 Å². The minimum absolute atomic E-state index is 0.142. The molecule has 2 N–H and O–H groups in total. The molecule has 2 atom stereocenters. The van der Waals surface area contributed by atoms with Crippen molar-refractivity contribution in [3.05, 3.63) is 35.9 Å². The van der Waals surface area contributed by atoms with Crippen LogP contribution in [0.3, 0.4) is 0 Å². The van der Waals surface area contributed by atoms with Crippen LogP contribution in [0.15, 0.2) is 30.3 Å². The van der Waals surface area contributed by atoms with Crippen molar-refractivity contribution < 1.29 is 4.79 Å². The highest BCUT2D eigenvalue weighted by Gasteiger charge is 2.24. The second kappa shape index (κ2) is 8.18. The van der Waals surface area contributed by atoms with Crippen molar-refractivity contribution in [2.45, 2.75) is 45.6 Å². The summed E-state index contributed by atoms with van der Waals surface area (Å²) in [6, 6.07) is 10.5. The number of amides is 1. The fraction of sp³-hybridized carbons (Fsp3) is 0.611. The second-order valence-electron chi connectivity index (χ2n) is 6.10. The minimum Gasteiger partial charge on any atom is -0.349 e. The maximum atomic E-state index is 12.4. The SMILES string of the molecule is CCC(CC)C(NC(=O)CC1CCNC1)c1ccccc1. The zero-order chi connectivity index (χ0) is 15.1. The van der Waals surface area contributed by atoms with Crippen LogP contribution in [0.5, 0.6) is 0 Å². The lowest BCUT2D eigenvalue weighted by molar-refractivity contribution is -0.123. The molecule has 21 heavy (non-hydrogen) atoms. The standard InChI is InChI=1S/C18H28N2O/c1-3-15(4-2)18(16-8-6-5-7-9-16)20-17(21)12-14-10-11-19-13-14/h5-9,14-15,18-19H,3-4,10-13H2,1-2H3,(H,20,21). The van der Waals surface area contributed by atoms with Crippen molar-refractivity contribution in [1.29, 1.82) is 0 Å². The third kappa shape index (κ3) is 4.57. The van der Waals surface area contributed by atoms with Gasteiger partial charge in [-0.15, -0.1) is 0 Å². The number of hydrogen-bond donors (Lipinski definition) is 2. The van der Waals surface area contributed by atoms with Gasteiger partial charge in [-0.25, -0.2) is 0 Å². The summed E-state index contributed by atoms with van der Waals surface area (Å²) in [5.41, 5.74) is 1.23. The average Bonchev–Trinajstić information content (AvgIpc) is 3.01. The van der Waals surface area contributed by atoms with Crippen LogP contribution >= 0.6 is 0 Å². The molecule has 0 spiro atoms. The van der Waals surface area contributed by atoms with Crippen LogP contribution in [-0.4, -0.2) is 19.0 Å². The Kier molecular flexibility index (Phi) is 6.24. The molecule has 1 aliphatic heterocycles. The molecule has 1 saturated heterocycles. The van der Waals surface area contributed by atoms with Gasteiger partial charge in [-0.3, -0.25) is 4.79 Å². The molecule has 1 heterocycles. The smallest absolute Gasteiger partial charge is 0.220 e. The van der Waals surface area contributed by atoms with Crippen molar-refractivity contribution in [3.63, 3.8) is 0 Å². The minimum atomic E-state index is 0.142. The van der Waals surface area contributed by atoms with Crippen molar-refractivity contribution in [1.82, 2.24) is 10.6 Å². The highest BCUT2D eigenvalue weighted by Crippen LogP contribution is 2.27. The van der Waals surface area contributed by atoms with Crippen molar-refractivity contribution in [2.24, 2.45) is 11.8 Å². The van der Waals surface area contributed by atoms with Crippen molar-refractivity contribution >= 4 is 5.91 Å². The van der Waals surface area contributed by atoms with Crippen LogP contribution in [-0.2, 0) is 4.79 Å². The molecule has 0 bridgehead atoms. The molecule has 116 valence electrons. The monoisotopic (exact) mass is 288 g/mol. The number of nitrogens with one attached hydrogen (secondary N) is 2. The van der Waals surface area contributed by atoms with E-state index in [1.54, 1.807) is 0 Å². The van der Waals surface area contributed by atoms with E-state index < -0.39 is 0 Å². The van der Waals surface area contributed by atoms with Crippen LogP contribution in [0.4, 0.5) is 0 Å². The predicted octanol–water partition coefficient (Wildman–Crippen LogP) is 3.28. The van der Waals surface area contributed by atoms with E-state index in [-0.39, 0.29) is 11.9 Å². The molecule has 1 fully saturated rings. The Morgan fingerprint density at radius 2 is 2.00 bits per heavy atom. The topological polar surface area (TPSA) is 41.1 Å². The summed E-state index contributed by atoms with van der Waals surface area (Å²) < 4.78 is 0. The molecule has 1 amide bonds. The van der Waals surface area contributed by atoms with Gasteiger partial charge in [0.2, 0.25) is 5.91 Å². The van der Waals surface area contributed by atoms with Gasteiger partial charge in [-0.1, -0.05) is 57.0 Å². The van der Waals surface area contributed by atoms with E-state index in [0.717, 1.165) is 32.4 Å². The quantitative estimate of drug-likeness (QED) is 0.808. The van der Waals surface area contributed by atoms with Gasteiger partial charge in [0.1, 0.15) is 0 Å². The van der Waals surface area contributed by atoms with E-state index in [2.05, 4.69) is 48.7 Å². The first kappa shape index (κ1) is 16.0. The van der Waals surface area contributed by atoms with E-state index in [9.17, 15) is 4.79 Å². The molecular weight excluding hydrogens is 260 g/mol. The number of benzene rings is 1. The molecule has 3 nitrogen and oxygen atoms in total. The third-order valence-electron chi connectivity index (χ3n) is 4.63. The number of hydrogen-bond acceptors (Lipinski definition) is 2. The zero-order valence-electron chi connectivity index (χ0n) is 13.3. The zero-order valence-corrected chi connectivity index (χ0v) is 13.3. The number of carbonyl (C=O) groups is 1. The van der Waals surface area contributed by atoms with Gasteiger partial charge in [0.25, 0.3) is 0 Å². The molecule has 2 rings (SSSR count). The fourth-order valence-corrected chi connectivity index (χ4v) is 3.28. The van der Waals surface area contributed by atoms with Crippen molar-refractivity contribution in [3.8, 4) is 0 Å². The normalized spacial score (nSPS) is 19.7.